The number of hydrogen-bond donors (Lipinski definition) is 2. The van der Waals surface area contributed by atoms with Crippen LogP contribution in [-0.4, -0.2) is 22.0 Å². The number of nitrogens with zero attached hydrogens (tertiary/aromatic N) is 1. The molecule has 2 aromatic rings. The molecule has 0 aliphatic rings. The lowest BCUT2D eigenvalue weighted by atomic mass is 10.0. The Morgan fingerprint density at radius 3 is 2.59 bits per heavy atom. The predicted octanol–water partition coefficient (Wildman–Crippen LogP) is 2.79. The maximum atomic E-state index is 13.0. The number of aryl methyl sites for hydroxylation is 1. The first-order valence-electron chi connectivity index (χ1n) is 6.72. The number of benzene rings is 1. The van der Waals surface area contributed by atoms with Gasteiger partial charge in [0.05, 0.1) is 23.7 Å². The van der Waals surface area contributed by atoms with Gasteiger partial charge in [0.15, 0.2) is 0 Å². The van der Waals surface area contributed by atoms with E-state index < -0.39 is 17.8 Å². The van der Waals surface area contributed by atoms with Crippen molar-refractivity contribution in [2.24, 2.45) is 0 Å². The first-order chi connectivity index (χ1) is 10.5. The van der Waals surface area contributed by atoms with E-state index in [1.54, 1.807) is 0 Å². The number of hydrogen-bond acceptors (Lipinski definition) is 4. The first kappa shape index (κ1) is 16.1. The van der Waals surface area contributed by atoms with Crippen LogP contribution >= 0.6 is 11.3 Å². The highest BCUT2D eigenvalue weighted by Gasteiger charge is 2.20. The largest absolute Gasteiger partial charge is 0.481 e. The van der Waals surface area contributed by atoms with Gasteiger partial charge in [-0.3, -0.25) is 9.59 Å². The second kappa shape index (κ2) is 7.13. The maximum absolute atomic E-state index is 13.0. The van der Waals surface area contributed by atoms with Crippen LogP contribution < -0.4 is 5.32 Å². The molecule has 0 radical (unpaired) electrons. The molecule has 0 aliphatic carbocycles. The smallest absolute Gasteiger partial charge is 0.305 e. The fourth-order valence-corrected chi connectivity index (χ4v) is 2.69. The fraction of sp³-hybridized carbons (Fsp3) is 0.267. The monoisotopic (exact) mass is 322 g/mol. The SMILES string of the molecule is CCc1ncc(C(=O)N[C@H](CC(=O)O)c2ccc(F)cc2)s1. The minimum absolute atomic E-state index is 0.281. The lowest BCUT2D eigenvalue weighted by Gasteiger charge is -2.16. The van der Waals surface area contributed by atoms with Crippen molar-refractivity contribution in [3.05, 3.63) is 51.7 Å². The molecule has 0 bridgehead atoms. The van der Waals surface area contributed by atoms with Crippen LogP contribution in [0.15, 0.2) is 30.5 Å². The second-order valence-electron chi connectivity index (χ2n) is 4.65. The van der Waals surface area contributed by atoms with Crippen LogP contribution in [0.3, 0.4) is 0 Å². The number of carbonyl (C=O) groups is 2. The summed E-state index contributed by atoms with van der Waals surface area (Å²) in [4.78, 5) is 27.7. The van der Waals surface area contributed by atoms with Gasteiger partial charge in [0, 0.05) is 0 Å². The highest BCUT2D eigenvalue weighted by atomic mass is 32.1. The van der Waals surface area contributed by atoms with E-state index in [-0.39, 0.29) is 12.3 Å². The highest BCUT2D eigenvalue weighted by molar-refractivity contribution is 7.13. The molecule has 1 aromatic heterocycles. The van der Waals surface area contributed by atoms with Crippen molar-refractivity contribution in [1.29, 1.82) is 0 Å². The fourth-order valence-electron chi connectivity index (χ4n) is 1.93. The molecule has 2 rings (SSSR count). The molecular weight excluding hydrogens is 307 g/mol. The summed E-state index contributed by atoms with van der Waals surface area (Å²) in [7, 11) is 0. The topological polar surface area (TPSA) is 79.3 Å². The lowest BCUT2D eigenvalue weighted by Crippen LogP contribution is -2.29. The van der Waals surface area contributed by atoms with E-state index in [9.17, 15) is 14.0 Å². The van der Waals surface area contributed by atoms with E-state index in [0.717, 1.165) is 11.4 Å². The number of nitrogens with one attached hydrogen (secondary N) is 1. The molecule has 0 saturated heterocycles. The van der Waals surface area contributed by atoms with Gasteiger partial charge in [0.25, 0.3) is 5.91 Å². The van der Waals surface area contributed by atoms with Crippen LogP contribution in [0.25, 0.3) is 0 Å². The van der Waals surface area contributed by atoms with Crippen molar-refractivity contribution in [2.75, 3.05) is 0 Å². The number of aromatic nitrogens is 1. The number of rotatable bonds is 6. The minimum Gasteiger partial charge on any atom is -0.481 e. The molecule has 0 saturated carbocycles. The number of amides is 1. The lowest BCUT2D eigenvalue weighted by molar-refractivity contribution is -0.137. The Morgan fingerprint density at radius 1 is 1.36 bits per heavy atom. The summed E-state index contributed by atoms with van der Waals surface area (Å²) in [5.74, 6) is -1.85. The Hall–Kier alpha value is -2.28. The Morgan fingerprint density at radius 2 is 2.05 bits per heavy atom. The summed E-state index contributed by atoms with van der Waals surface area (Å²) in [6, 6.07) is 4.68. The molecule has 0 fully saturated rings. The zero-order valence-electron chi connectivity index (χ0n) is 11.9. The number of carboxylic acids is 1. The number of halogens is 1. The third kappa shape index (κ3) is 4.11. The van der Waals surface area contributed by atoms with Crippen LogP contribution in [0.5, 0.6) is 0 Å². The van der Waals surface area contributed by atoms with Crippen LogP contribution in [0.4, 0.5) is 4.39 Å². The molecular formula is C15H15FN2O3S. The summed E-state index contributed by atoms with van der Waals surface area (Å²) in [5.41, 5.74) is 0.539. The summed E-state index contributed by atoms with van der Waals surface area (Å²) in [5, 5.41) is 12.5. The van der Waals surface area contributed by atoms with Gasteiger partial charge in [0.2, 0.25) is 0 Å². The Kier molecular flexibility index (Phi) is 5.21. The number of carboxylic acid groups (broad SMARTS) is 1. The van der Waals surface area contributed by atoms with Gasteiger partial charge in [-0.15, -0.1) is 11.3 Å². The van der Waals surface area contributed by atoms with E-state index in [1.807, 2.05) is 6.92 Å². The van der Waals surface area contributed by atoms with Crippen molar-refractivity contribution in [2.45, 2.75) is 25.8 Å². The van der Waals surface area contributed by atoms with Crippen molar-refractivity contribution in [3.8, 4) is 0 Å². The molecule has 1 aromatic carbocycles. The average Bonchev–Trinajstić information content (AvgIpc) is 2.96. The third-order valence-corrected chi connectivity index (χ3v) is 4.18. The van der Waals surface area contributed by atoms with E-state index in [1.165, 1.54) is 41.8 Å². The number of thiazole rings is 1. The molecule has 0 unspecified atom stereocenters. The van der Waals surface area contributed by atoms with Crippen molar-refractivity contribution in [3.63, 3.8) is 0 Å². The number of aliphatic carboxylic acids is 1. The molecule has 1 amide bonds. The van der Waals surface area contributed by atoms with E-state index >= 15 is 0 Å². The van der Waals surface area contributed by atoms with Crippen LogP contribution in [0.1, 0.15) is 39.6 Å². The number of carbonyl (C=O) groups excluding carboxylic acids is 1. The van der Waals surface area contributed by atoms with Gasteiger partial charge in [0.1, 0.15) is 10.7 Å². The third-order valence-electron chi connectivity index (χ3n) is 3.04. The van der Waals surface area contributed by atoms with Gasteiger partial charge < -0.3 is 10.4 Å². The Balaban J connectivity index is 2.17. The van der Waals surface area contributed by atoms with Gasteiger partial charge in [-0.2, -0.15) is 0 Å². The molecule has 22 heavy (non-hydrogen) atoms. The zero-order chi connectivity index (χ0) is 16.1. The predicted molar refractivity (Wildman–Crippen MR) is 80.4 cm³/mol. The molecule has 1 atom stereocenters. The molecule has 7 heteroatoms. The normalized spacial score (nSPS) is 11.9. The van der Waals surface area contributed by atoms with Gasteiger partial charge in [-0.25, -0.2) is 9.37 Å². The summed E-state index contributed by atoms with van der Waals surface area (Å²) in [6.07, 6.45) is 1.92. The minimum atomic E-state index is -1.05. The summed E-state index contributed by atoms with van der Waals surface area (Å²) < 4.78 is 13.0. The van der Waals surface area contributed by atoms with E-state index in [4.69, 9.17) is 5.11 Å². The molecule has 116 valence electrons. The molecule has 0 spiro atoms. The van der Waals surface area contributed by atoms with Gasteiger partial charge in [-0.05, 0) is 24.1 Å². The average molecular weight is 322 g/mol. The van der Waals surface area contributed by atoms with Crippen molar-refractivity contribution < 1.29 is 19.1 Å². The second-order valence-corrected chi connectivity index (χ2v) is 5.76. The van der Waals surface area contributed by atoms with E-state index in [2.05, 4.69) is 10.3 Å². The zero-order valence-corrected chi connectivity index (χ0v) is 12.7. The van der Waals surface area contributed by atoms with Crippen molar-refractivity contribution >= 4 is 23.2 Å². The van der Waals surface area contributed by atoms with Crippen LogP contribution in [-0.2, 0) is 11.2 Å². The molecule has 5 nitrogen and oxygen atoms in total. The standard InChI is InChI=1S/C15H15FN2O3S/c1-2-13-17-8-12(22-13)15(21)18-11(7-14(19)20)9-3-5-10(16)6-4-9/h3-6,8,11H,2,7H2,1H3,(H,18,21)(H,19,20)/t11-/m1/s1. The van der Waals surface area contributed by atoms with E-state index in [0.29, 0.717) is 10.4 Å². The Bertz CT molecular complexity index is 670. The summed E-state index contributed by atoms with van der Waals surface area (Å²) >= 11 is 1.27. The molecule has 0 aliphatic heterocycles. The quantitative estimate of drug-likeness (QED) is 0.857. The Labute approximate surface area is 130 Å². The van der Waals surface area contributed by atoms with Crippen LogP contribution in [0.2, 0.25) is 0 Å². The van der Waals surface area contributed by atoms with Gasteiger partial charge >= 0.3 is 5.97 Å². The van der Waals surface area contributed by atoms with Crippen molar-refractivity contribution in [1.82, 2.24) is 10.3 Å². The first-order valence-corrected chi connectivity index (χ1v) is 7.54. The summed E-state index contributed by atoms with van der Waals surface area (Å²) in [6.45, 7) is 1.94. The molecule has 1 heterocycles. The maximum Gasteiger partial charge on any atom is 0.305 e. The van der Waals surface area contributed by atoms with Crippen LogP contribution in [0, 0.1) is 5.82 Å². The highest BCUT2D eigenvalue weighted by Crippen LogP contribution is 2.20. The van der Waals surface area contributed by atoms with Gasteiger partial charge in [-0.1, -0.05) is 19.1 Å². The molecule has 2 N–H and O–H groups in total.